The molecule has 4 aromatic rings. The van der Waals surface area contributed by atoms with Crippen molar-refractivity contribution in [1.29, 1.82) is 0 Å². The summed E-state index contributed by atoms with van der Waals surface area (Å²) in [5.74, 6) is 0.459. The second-order valence-electron chi connectivity index (χ2n) is 5.50. The van der Waals surface area contributed by atoms with Crippen molar-refractivity contribution in [3.63, 3.8) is 0 Å². The molecular formula is C15H13F2N9O. The Morgan fingerprint density at radius 1 is 1.26 bits per heavy atom. The predicted octanol–water partition coefficient (Wildman–Crippen LogP) is 2.29. The summed E-state index contributed by atoms with van der Waals surface area (Å²) in [6.45, 7) is -1.02. The van der Waals surface area contributed by atoms with E-state index in [9.17, 15) is 8.78 Å². The van der Waals surface area contributed by atoms with Crippen molar-refractivity contribution in [3.8, 4) is 5.88 Å². The summed E-state index contributed by atoms with van der Waals surface area (Å²) < 4.78 is 30.4. The van der Waals surface area contributed by atoms with Gasteiger partial charge in [-0.3, -0.25) is 0 Å². The molecular weight excluding hydrogens is 360 g/mol. The molecule has 0 aliphatic carbocycles. The van der Waals surface area contributed by atoms with Crippen molar-refractivity contribution in [3.05, 3.63) is 42.5 Å². The van der Waals surface area contributed by atoms with Gasteiger partial charge in [-0.25, -0.2) is 19.7 Å². The standard InChI is InChI=1S/C15H13F2N9O/c1-8(9-3-2-4-19-23-9)26-14-10(6-20-26)18-7-12(22-14)21-11-5-13(25-24-11)27-15(16)17/h2-8,15H,1H3,(H2,21,22,24,25)/t8-/m0/s1. The Balaban J connectivity index is 1.61. The van der Waals surface area contributed by atoms with Crippen LogP contribution in [0.3, 0.4) is 0 Å². The molecule has 0 aliphatic heterocycles. The van der Waals surface area contributed by atoms with Gasteiger partial charge in [-0.1, -0.05) is 0 Å². The number of aromatic amines is 1. The Labute approximate surface area is 150 Å². The van der Waals surface area contributed by atoms with E-state index in [-0.39, 0.29) is 17.7 Å². The number of anilines is 2. The monoisotopic (exact) mass is 373 g/mol. The molecule has 4 rings (SSSR count). The number of aromatic nitrogens is 8. The van der Waals surface area contributed by atoms with Crippen LogP contribution in [0.2, 0.25) is 0 Å². The molecule has 1 atom stereocenters. The van der Waals surface area contributed by atoms with E-state index in [4.69, 9.17) is 0 Å². The van der Waals surface area contributed by atoms with E-state index in [1.807, 2.05) is 13.0 Å². The molecule has 4 heterocycles. The smallest absolute Gasteiger partial charge is 0.388 e. The van der Waals surface area contributed by atoms with E-state index < -0.39 is 6.61 Å². The van der Waals surface area contributed by atoms with E-state index in [1.54, 1.807) is 23.1 Å². The molecule has 0 bridgehead atoms. The number of hydrogen-bond donors (Lipinski definition) is 2. The van der Waals surface area contributed by atoms with Crippen LogP contribution in [-0.2, 0) is 0 Å². The fourth-order valence-electron chi connectivity index (χ4n) is 2.48. The predicted molar refractivity (Wildman–Crippen MR) is 89.7 cm³/mol. The van der Waals surface area contributed by atoms with Crippen LogP contribution in [0.15, 0.2) is 36.8 Å². The van der Waals surface area contributed by atoms with Crippen molar-refractivity contribution in [2.24, 2.45) is 0 Å². The SMILES string of the molecule is C[C@@H](c1cccnn1)n1ncc2ncc(Nc3cc(OC(F)F)[nH]n3)nc21. The van der Waals surface area contributed by atoms with Crippen molar-refractivity contribution >= 4 is 22.8 Å². The molecule has 4 aromatic heterocycles. The fourth-order valence-corrected chi connectivity index (χ4v) is 2.48. The molecule has 2 N–H and O–H groups in total. The van der Waals surface area contributed by atoms with Gasteiger partial charge < -0.3 is 10.1 Å². The fraction of sp³-hybridized carbons (Fsp3) is 0.200. The lowest BCUT2D eigenvalue weighted by Gasteiger charge is -2.11. The summed E-state index contributed by atoms with van der Waals surface area (Å²) in [4.78, 5) is 8.78. The molecule has 0 spiro atoms. The average Bonchev–Trinajstić information content (AvgIpc) is 3.28. The lowest BCUT2D eigenvalue weighted by atomic mass is 10.2. The van der Waals surface area contributed by atoms with Gasteiger partial charge in [0.1, 0.15) is 5.52 Å². The third-order valence-corrected chi connectivity index (χ3v) is 3.72. The van der Waals surface area contributed by atoms with E-state index in [0.717, 1.165) is 5.69 Å². The minimum atomic E-state index is -2.94. The van der Waals surface area contributed by atoms with Crippen molar-refractivity contribution in [2.45, 2.75) is 19.6 Å². The maximum absolute atomic E-state index is 12.2. The molecule has 0 unspecified atom stereocenters. The van der Waals surface area contributed by atoms with E-state index in [0.29, 0.717) is 17.0 Å². The number of hydrogen-bond acceptors (Lipinski definition) is 8. The first-order chi connectivity index (χ1) is 13.1. The van der Waals surface area contributed by atoms with Gasteiger partial charge in [-0.2, -0.15) is 29.2 Å². The summed E-state index contributed by atoms with van der Waals surface area (Å²) in [6.07, 6.45) is 4.68. The zero-order chi connectivity index (χ0) is 18.8. The highest BCUT2D eigenvalue weighted by Crippen LogP contribution is 2.22. The molecule has 10 nitrogen and oxygen atoms in total. The molecule has 0 saturated heterocycles. The molecule has 0 fully saturated rings. The topological polar surface area (TPSA) is 119 Å². The van der Waals surface area contributed by atoms with Crippen LogP contribution in [0.25, 0.3) is 11.2 Å². The first kappa shape index (κ1) is 16.8. The zero-order valence-corrected chi connectivity index (χ0v) is 13.9. The molecule has 12 heteroatoms. The van der Waals surface area contributed by atoms with Gasteiger partial charge in [0.25, 0.3) is 0 Å². The van der Waals surface area contributed by atoms with E-state index in [2.05, 4.69) is 45.5 Å². The van der Waals surface area contributed by atoms with Crippen LogP contribution < -0.4 is 10.1 Å². The van der Waals surface area contributed by atoms with Crippen molar-refractivity contribution in [2.75, 3.05) is 5.32 Å². The average molecular weight is 373 g/mol. The normalized spacial score (nSPS) is 12.4. The van der Waals surface area contributed by atoms with Gasteiger partial charge in [0.15, 0.2) is 17.3 Å². The first-order valence-corrected chi connectivity index (χ1v) is 7.85. The van der Waals surface area contributed by atoms with Crippen LogP contribution in [0.5, 0.6) is 5.88 Å². The summed E-state index contributed by atoms with van der Waals surface area (Å²) in [5.41, 5.74) is 1.85. The third-order valence-electron chi connectivity index (χ3n) is 3.72. The van der Waals surface area contributed by atoms with Crippen molar-refractivity contribution in [1.82, 2.24) is 40.1 Å². The van der Waals surface area contributed by atoms with Gasteiger partial charge in [0, 0.05) is 12.3 Å². The summed E-state index contributed by atoms with van der Waals surface area (Å²) >= 11 is 0. The molecule has 138 valence electrons. The van der Waals surface area contributed by atoms with Gasteiger partial charge in [-0.05, 0) is 19.1 Å². The van der Waals surface area contributed by atoms with Gasteiger partial charge in [0.05, 0.1) is 24.1 Å². The summed E-state index contributed by atoms with van der Waals surface area (Å²) in [7, 11) is 0. The molecule has 0 aliphatic rings. The number of ether oxygens (including phenoxy) is 1. The highest BCUT2D eigenvalue weighted by Gasteiger charge is 2.16. The van der Waals surface area contributed by atoms with Crippen LogP contribution in [0, 0.1) is 0 Å². The Morgan fingerprint density at radius 3 is 2.93 bits per heavy atom. The first-order valence-electron chi connectivity index (χ1n) is 7.85. The van der Waals surface area contributed by atoms with Crippen LogP contribution in [0.4, 0.5) is 20.4 Å². The summed E-state index contributed by atoms with van der Waals surface area (Å²) in [5, 5.41) is 21.4. The van der Waals surface area contributed by atoms with Gasteiger partial charge in [-0.15, -0.1) is 0 Å². The molecule has 27 heavy (non-hydrogen) atoms. The molecule has 0 radical (unpaired) electrons. The Bertz CT molecular complexity index is 1050. The number of H-pyrrole nitrogens is 1. The number of halogens is 2. The van der Waals surface area contributed by atoms with Gasteiger partial charge in [0.2, 0.25) is 5.88 Å². The maximum Gasteiger partial charge on any atom is 0.388 e. The second kappa shape index (κ2) is 6.90. The zero-order valence-electron chi connectivity index (χ0n) is 13.9. The molecule has 0 aromatic carbocycles. The van der Waals surface area contributed by atoms with E-state index in [1.165, 1.54) is 12.3 Å². The summed E-state index contributed by atoms with van der Waals surface area (Å²) in [6, 6.07) is 4.71. The Morgan fingerprint density at radius 2 is 2.15 bits per heavy atom. The number of fused-ring (bicyclic) bond motifs is 1. The van der Waals surface area contributed by atoms with Crippen LogP contribution in [-0.4, -0.2) is 46.8 Å². The lowest BCUT2D eigenvalue weighted by Crippen LogP contribution is -2.11. The van der Waals surface area contributed by atoms with Crippen molar-refractivity contribution < 1.29 is 13.5 Å². The minimum absolute atomic E-state index is 0.164. The highest BCUT2D eigenvalue weighted by atomic mass is 19.3. The lowest BCUT2D eigenvalue weighted by molar-refractivity contribution is -0.0528. The maximum atomic E-state index is 12.2. The second-order valence-corrected chi connectivity index (χ2v) is 5.50. The molecule has 0 amide bonds. The van der Waals surface area contributed by atoms with Crippen LogP contribution in [0.1, 0.15) is 18.7 Å². The number of nitrogens with one attached hydrogen (secondary N) is 2. The Kier molecular flexibility index (Phi) is 4.28. The quantitative estimate of drug-likeness (QED) is 0.528. The number of alkyl halides is 2. The number of rotatable bonds is 6. The number of nitrogens with zero attached hydrogens (tertiary/aromatic N) is 7. The van der Waals surface area contributed by atoms with E-state index >= 15 is 0 Å². The van der Waals surface area contributed by atoms with Crippen LogP contribution >= 0.6 is 0 Å². The minimum Gasteiger partial charge on any atom is -0.417 e. The Hall–Kier alpha value is -3.70. The highest BCUT2D eigenvalue weighted by molar-refractivity contribution is 5.72. The largest absolute Gasteiger partial charge is 0.417 e. The third kappa shape index (κ3) is 3.49. The molecule has 0 saturated carbocycles. The van der Waals surface area contributed by atoms with Gasteiger partial charge >= 0.3 is 6.61 Å².